The van der Waals surface area contributed by atoms with Gasteiger partial charge in [0.1, 0.15) is 11.4 Å². The predicted molar refractivity (Wildman–Crippen MR) is 115 cm³/mol. The average molecular weight is 480 g/mol. The molecular weight excluding hydrogens is 457 g/mol. The quantitative estimate of drug-likeness (QED) is 0.475. The highest BCUT2D eigenvalue weighted by molar-refractivity contribution is 9.10. The van der Waals surface area contributed by atoms with E-state index in [2.05, 4.69) is 15.9 Å². The molecule has 29 heavy (non-hydrogen) atoms. The van der Waals surface area contributed by atoms with Crippen LogP contribution in [0.5, 0.6) is 0 Å². The summed E-state index contributed by atoms with van der Waals surface area (Å²) in [6, 6.07) is 4.91. The monoisotopic (exact) mass is 479 g/mol. The van der Waals surface area contributed by atoms with Crippen molar-refractivity contribution in [3.63, 3.8) is 0 Å². The molecule has 0 radical (unpaired) electrons. The van der Waals surface area contributed by atoms with E-state index in [9.17, 15) is 14.0 Å². The van der Waals surface area contributed by atoms with Crippen molar-refractivity contribution >= 4 is 39.6 Å². The first kappa shape index (κ1) is 20.7. The van der Waals surface area contributed by atoms with Crippen molar-refractivity contribution in [3.8, 4) is 0 Å². The molecule has 1 amide bonds. The van der Waals surface area contributed by atoms with E-state index in [1.807, 2.05) is 20.8 Å². The lowest BCUT2D eigenvalue weighted by atomic mass is 9.78. The molecule has 4 nitrogen and oxygen atoms in total. The third kappa shape index (κ3) is 3.79. The van der Waals surface area contributed by atoms with Crippen molar-refractivity contribution in [1.82, 2.24) is 4.90 Å². The van der Waals surface area contributed by atoms with Crippen molar-refractivity contribution in [2.75, 3.05) is 5.75 Å². The van der Waals surface area contributed by atoms with Crippen LogP contribution in [0.3, 0.4) is 0 Å². The lowest BCUT2D eigenvalue weighted by Crippen LogP contribution is -2.41. The van der Waals surface area contributed by atoms with Gasteiger partial charge in [-0.25, -0.2) is 9.18 Å². The van der Waals surface area contributed by atoms with Gasteiger partial charge in [0.2, 0.25) is 0 Å². The Morgan fingerprint density at radius 3 is 2.69 bits per heavy atom. The highest BCUT2D eigenvalue weighted by Crippen LogP contribution is 2.53. The van der Waals surface area contributed by atoms with Gasteiger partial charge in [-0.15, -0.1) is 11.8 Å². The van der Waals surface area contributed by atoms with Gasteiger partial charge in [-0.1, -0.05) is 6.07 Å². The number of ketones is 1. The molecule has 4 rings (SSSR count). The zero-order valence-corrected chi connectivity index (χ0v) is 19.1. The van der Waals surface area contributed by atoms with E-state index in [0.717, 1.165) is 34.0 Å². The van der Waals surface area contributed by atoms with Crippen LogP contribution in [-0.4, -0.2) is 28.1 Å². The lowest BCUT2D eigenvalue weighted by molar-refractivity contribution is -0.116. The number of Topliss-reactive ketones (excluding diaryl/α,β-unsaturated/α-hetero) is 1. The van der Waals surface area contributed by atoms with Crippen LogP contribution in [0.15, 0.2) is 44.5 Å². The Kier molecular flexibility index (Phi) is 5.40. The fourth-order valence-corrected chi connectivity index (χ4v) is 5.87. The molecule has 0 N–H and O–H groups in total. The maximum atomic E-state index is 13.9. The number of carbonyl (C=O) groups excluding carboxylic acids is 2. The summed E-state index contributed by atoms with van der Waals surface area (Å²) in [5.74, 6) is 0.315. The maximum absolute atomic E-state index is 13.9. The highest BCUT2D eigenvalue weighted by Gasteiger charge is 2.45. The first-order chi connectivity index (χ1) is 13.7. The fraction of sp³-hybridized carbons (Fsp3) is 0.455. The average Bonchev–Trinajstić information content (AvgIpc) is 3.10. The smallest absolute Gasteiger partial charge is 0.418 e. The number of halogens is 2. The third-order valence-electron chi connectivity index (χ3n) is 5.25. The minimum Gasteiger partial charge on any atom is -0.443 e. The van der Waals surface area contributed by atoms with Gasteiger partial charge in [0, 0.05) is 40.0 Å². The molecule has 154 valence electrons. The molecule has 0 saturated carbocycles. The van der Waals surface area contributed by atoms with Gasteiger partial charge >= 0.3 is 6.09 Å². The number of ether oxygens (including phenoxy) is 1. The zero-order valence-electron chi connectivity index (χ0n) is 16.7. The zero-order chi connectivity index (χ0) is 20.9. The van der Waals surface area contributed by atoms with Crippen LogP contribution in [0.25, 0.3) is 0 Å². The number of benzene rings is 1. The minimum absolute atomic E-state index is 0.0595. The Labute approximate surface area is 182 Å². The van der Waals surface area contributed by atoms with E-state index >= 15 is 0 Å². The van der Waals surface area contributed by atoms with Gasteiger partial charge in [0.15, 0.2) is 5.78 Å². The molecular formula is C22H23BrFNO3S. The fourth-order valence-electron chi connectivity index (χ4n) is 4.17. The molecule has 0 saturated heterocycles. The van der Waals surface area contributed by atoms with Gasteiger partial charge in [-0.2, -0.15) is 0 Å². The molecule has 0 spiro atoms. The van der Waals surface area contributed by atoms with E-state index < -0.39 is 11.7 Å². The predicted octanol–water partition coefficient (Wildman–Crippen LogP) is 6.28. The Balaban J connectivity index is 1.87. The molecule has 1 aromatic rings. The van der Waals surface area contributed by atoms with Crippen LogP contribution in [0, 0.1) is 5.82 Å². The number of nitrogens with zero attached hydrogens (tertiary/aromatic N) is 1. The van der Waals surface area contributed by atoms with Crippen molar-refractivity contribution in [3.05, 3.63) is 55.9 Å². The van der Waals surface area contributed by atoms with E-state index in [-0.39, 0.29) is 17.5 Å². The Morgan fingerprint density at radius 2 is 2.00 bits per heavy atom. The molecule has 2 heterocycles. The maximum Gasteiger partial charge on any atom is 0.418 e. The van der Waals surface area contributed by atoms with Crippen LogP contribution in [-0.2, 0) is 9.53 Å². The number of amides is 1. The minimum atomic E-state index is -0.623. The summed E-state index contributed by atoms with van der Waals surface area (Å²) in [6.45, 7) is 5.52. The van der Waals surface area contributed by atoms with Gasteiger partial charge in [-0.3, -0.25) is 9.69 Å². The Hall–Kier alpha value is -1.60. The van der Waals surface area contributed by atoms with Gasteiger partial charge in [0.05, 0.1) is 4.47 Å². The van der Waals surface area contributed by atoms with Crippen molar-refractivity contribution in [1.29, 1.82) is 0 Å². The van der Waals surface area contributed by atoms with Crippen LogP contribution in [0.2, 0.25) is 0 Å². The van der Waals surface area contributed by atoms with Crippen molar-refractivity contribution in [2.45, 2.75) is 58.0 Å². The second-order valence-electron chi connectivity index (χ2n) is 8.47. The summed E-state index contributed by atoms with van der Waals surface area (Å²) < 4.78 is 19.9. The van der Waals surface area contributed by atoms with E-state index in [0.29, 0.717) is 29.3 Å². The molecule has 0 fully saturated rings. The molecule has 0 bridgehead atoms. The van der Waals surface area contributed by atoms with E-state index in [1.165, 1.54) is 6.07 Å². The summed E-state index contributed by atoms with van der Waals surface area (Å²) in [6.07, 6.45) is 2.15. The number of carbonyl (C=O) groups is 2. The van der Waals surface area contributed by atoms with E-state index in [4.69, 9.17) is 4.74 Å². The molecule has 3 aliphatic rings. The summed E-state index contributed by atoms with van der Waals surface area (Å²) in [5, 5.41) is 0. The Morgan fingerprint density at radius 1 is 1.24 bits per heavy atom. The third-order valence-corrected chi connectivity index (χ3v) is 7.05. The van der Waals surface area contributed by atoms with Crippen LogP contribution < -0.4 is 0 Å². The second-order valence-corrected chi connectivity index (χ2v) is 10.5. The van der Waals surface area contributed by atoms with Crippen molar-refractivity contribution in [2.24, 2.45) is 0 Å². The summed E-state index contributed by atoms with van der Waals surface area (Å²) >= 11 is 4.94. The number of hydrogen-bond acceptors (Lipinski definition) is 4. The standard InChI is InChI=1S/C22H23BrFNO3S/c1-22(2,3)28-21(27)25-15-5-4-6-17(26)19(15)18(20-16(25)9-10-29-20)12-7-8-14(24)13(23)11-12/h7-8,11,18H,4-6,9-10H2,1-3H3. The van der Waals surface area contributed by atoms with Gasteiger partial charge < -0.3 is 4.74 Å². The second kappa shape index (κ2) is 7.58. The van der Waals surface area contributed by atoms with E-state index in [1.54, 1.807) is 28.8 Å². The lowest BCUT2D eigenvalue weighted by Gasteiger charge is -2.39. The van der Waals surface area contributed by atoms with Crippen LogP contribution in [0.4, 0.5) is 9.18 Å². The van der Waals surface area contributed by atoms with Gasteiger partial charge in [-0.05, 0) is 73.7 Å². The highest BCUT2D eigenvalue weighted by atomic mass is 79.9. The molecule has 1 unspecified atom stereocenters. The molecule has 1 aromatic carbocycles. The molecule has 1 aliphatic carbocycles. The number of hydrogen-bond donors (Lipinski definition) is 0. The van der Waals surface area contributed by atoms with Gasteiger partial charge in [0.25, 0.3) is 0 Å². The SMILES string of the molecule is CC(C)(C)OC(=O)N1C2=C(SCC2)C(c2ccc(F)c(Br)c2)C2=C1CCCC2=O. The number of thioether (sulfide) groups is 1. The summed E-state index contributed by atoms with van der Waals surface area (Å²) in [7, 11) is 0. The number of rotatable bonds is 1. The molecule has 2 aliphatic heterocycles. The first-order valence-corrected chi connectivity index (χ1v) is 11.6. The van der Waals surface area contributed by atoms with Crippen molar-refractivity contribution < 1.29 is 18.7 Å². The molecule has 7 heteroatoms. The normalized spacial score (nSPS) is 22.0. The molecule has 1 atom stereocenters. The summed E-state index contributed by atoms with van der Waals surface area (Å²) in [4.78, 5) is 28.8. The number of allylic oxidation sites excluding steroid dienone is 4. The largest absolute Gasteiger partial charge is 0.443 e. The molecule has 0 aromatic heterocycles. The van der Waals surface area contributed by atoms with Crippen LogP contribution in [0.1, 0.15) is 57.9 Å². The first-order valence-electron chi connectivity index (χ1n) is 9.77. The topological polar surface area (TPSA) is 46.6 Å². The van der Waals surface area contributed by atoms with Crippen LogP contribution >= 0.6 is 27.7 Å². The Bertz CT molecular complexity index is 963. The summed E-state index contributed by atoms with van der Waals surface area (Å²) in [5.41, 5.74) is 2.58.